The van der Waals surface area contributed by atoms with Crippen molar-refractivity contribution in [1.82, 2.24) is 9.78 Å². The molecule has 0 aliphatic rings. The van der Waals surface area contributed by atoms with Crippen molar-refractivity contribution in [2.45, 2.75) is 20.4 Å². The predicted octanol–water partition coefficient (Wildman–Crippen LogP) is 3.15. The highest BCUT2D eigenvalue weighted by molar-refractivity contribution is 6.30. The van der Waals surface area contributed by atoms with Crippen LogP contribution < -0.4 is 0 Å². The number of nitrogens with zero attached hydrogens (tertiary/aromatic N) is 2. The summed E-state index contributed by atoms with van der Waals surface area (Å²) in [6.07, 6.45) is 0.766. The monoisotopic (exact) mass is 266 g/mol. The number of carbonyl (C=O) groups excluding carboxylic acids is 1. The van der Waals surface area contributed by atoms with E-state index >= 15 is 0 Å². The first kappa shape index (κ1) is 12.8. The van der Waals surface area contributed by atoms with Crippen LogP contribution in [0, 0.1) is 19.7 Å². The third kappa shape index (κ3) is 2.16. The summed E-state index contributed by atoms with van der Waals surface area (Å²) in [5.74, 6) is -0.445. The SMILES string of the molecule is Cc1nn(Cc2cccc(Cl)c2F)c(C)c1C=O. The normalized spacial score (nSPS) is 10.7. The van der Waals surface area contributed by atoms with Crippen LogP contribution in [0.15, 0.2) is 18.2 Å². The number of aromatic nitrogens is 2. The average Bonchev–Trinajstić information content (AvgIpc) is 2.60. The van der Waals surface area contributed by atoms with Gasteiger partial charge in [0.25, 0.3) is 0 Å². The van der Waals surface area contributed by atoms with Gasteiger partial charge in [-0.25, -0.2) is 4.39 Å². The largest absolute Gasteiger partial charge is 0.298 e. The molecule has 0 bridgehead atoms. The third-order valence-corrected chi connectivity index (χ3v) is 3.20. The van der Waals surface area contributed by atoms with Crippen molar-refractivity contribution in [2.75, 3.05) is 0 Å². The molecule has 2 aromatic rings. The second-order valence-electron chi connectivity index (χ2n) is 4.07. The molecule has 1 heterocycles. The Hall–Kier alpha value is -1.68. The molecule has 0 unspecified atom stereocenters. The van der Waals surface area contributed by atoms with Crippen LogP contribution in [0.5, 0.6) is 0 Å². The number of rotatable bonds is 3. The number of aryl methyl sites for hydroxylation is 1. The summed E-state index contributed by atoms with van der Waals surface area (Å²) in [5, 5.41) is 4.31. The van der Waals surface area contributed by atoms with Crippen LogP contribution in [0.25, 0.3) is 0 Å². The van der Waals surface area contributed by atoms with Crippen LogP contribution in [-0.4, -0.2) is 16.1 Å². The Labute approximate surface area is 109 Å². The van der Waals surface area contributed by atoms with E-state index in [1.165, 1.54) is 6.07 Å². The summed E-state index contributed by atoms with van der Waals surface area (Å²) in [4.78, 5) is 10.9. The molecule has 0 atom stereocenters. The van der Waals surface area contributed by atoms with Crippen LogP contribution in [-0.2, 0) is 6.54 Å². The van der Waals surface area contributed by atoms with Gasteiger partial charge in [0.05, 0.1) is 22.8 Å². The first-order valence-electron chi connectivity index (χ1n) is 5.46. The van der Waals surface area contributed by atoms with E-state index < -0.39 is 5.82 Å². The summed E-state index contributed by atoms with van der Waals surface area (Å²) in [5.41, 5.74) is 2.37. The Balaban J connectivity index is 2.40. The lowest BCUT2D eigenvalue weighted by molar-refractivity contribution is 0.112. The molecule has 0 N–H and O–H groups in total. The second kappa shape index (κ2) is 4.90. The minimum atomic E-state index is -0.445. The van der Waals surface area contributed by atoms with Gasteiger partial charge in [-0.05, 0) is 19.9 Å². The van der Waals surface area contributed by atoms with Crippen molar-refractivity contribution in [3.05, 3.63) is 51.6 Å². The molecular weight excluding hydrogens is 255 g/mol. The summed E-state index contributed by atoms with van der Waals surface area (Å²) >= 11 is 5.72. The van der Waals surface area contributed by atoms with E-state index in [1.54, 1.807) is 30.7 Å². The molecule has 0 fully saturated rings. The van der Waals surface area contributed by atoms with Crippen molar-refractivity contribution in [3.8, 4) is 0 Å². The Morgan fingerprint density at radius 1 is 1.44 bits per heavy atom. The predicted molar refractivity (Wildman–Crippen MR) is 67.6 cm³/mol. The number of carbonyl (C=O) groups is 1. The van der Waals surface area contributed by atoms with Crippen LogP contribution >= 0.6 is 11.6 Å². The van der Waals surface area contributed by atoms with Crippen molar-refractivity contribution < 1.29 is 9.18 Å². The maximum Gasteiger partial charge on any atom is 0.153 e. The molecule has 2 rings (SSSR count). The fourth-order valence-corrected chi connectivity index (χ4v) is 2.06. The zero-order valence-corrected chi connectivity index (χ0v) is 10.8. The van der Waals surface area contributed by atoms with Gasteiger partial charge in [-0.3, -0.25) is 9.48 Å². The Morgan fingerprint density at radius 3 is 2.78 bits per heavy atom. The van der Waals surface area contributed by atoms with Gasteiger partial charge in [0.15, 0.2) is 6.29 Å². The summed E-state index contributed by atoms with van der Waals surface area (Å²) in [6, 6.07) is 4.84. The minimum absolute atomic E-state index is 0.0876. The lowest BCUT2D eigenvalue weighted by Crippen LogP contribution is -2.06. The van der Waals surface area contributed by atoms with Gasteiger partial charge in [-0.2, -0.15) is 5.10 Å². The second-order valence-corrected chi connectivity index (χ2v) is 4.48. The third-order valence-electron chi connectivity index (χ3n) is 2.91. The number of benzene rings is 1. The Kier molecular flexibility index (Phi) is 3.48. The molecule has 0 aliphatic heterocycles. The molecule has 1 aromatic carbocycles. The zero-order chi connectivity index (χ0) is 13.3. The summed E-state index contributed by atoms with van der Waals surface area (Å²) in [6.45, 7) is 3.79. The molecule has 18 heavy (non-hydrogen) atoms. The zero-order valence-electron chi connectivity index (χ0n) is 10.1. The van der Waals surface area contributed by atoms with Gasteiger partial charge >= 0.3 is 0 Å². The molecule has 94 valence electrons. The van der Waals surface area contributed by atoms with E-state index in [4.69, 9.17) is 11.6 Å². The average molecular weight is 267 g/mol. The number of hydrogen-bond acceptors (Lipinski definition) is 2. The number of aldehydes is 1. The fourth-order valence-electron chi connectivity index (χ4n) is 1.87. The van der Waals surface area contributed by atoms with E-state index in [9.17, 15) is 9.18 Å². The molecule has 0 spiro atoms. The van der Waals surface area contributed by atoms with Gasteiger partial charge in [0.1, 0.15) is 5.82 Å². The standard InChI is InChI=1S/C13H12ClFN2O/c1-8-11(7-18)9(2)17(16-8)6-10-4-3-5-12(14)13(10)15/h3-5,7H,6H2,1-2H3. The topological polar surface area (TPSA) is 34.9 Å². The highest BCUT2D eigenvalue weighted by atomic mass is 35.5. The molecule has 5 heteroatoms. The van der Waals surface area contributed by atoms with Crippen molar-refractivity contribution in [1.29, 1.82) is 0 Å². The van der Waals surface area contributed by atoms with Crippen LogP contribution in [0.3, 0.4) is 0 Å². The molecule has 3 nitrogen and oxygen atoms in total. The summed E-state index contributed by atoms with van der Waals surface area (Å²) in [7, 11) is 0. The van der Waals surface area contributed by atoms with Crippen LogP contribution in [0.2, 0.25) is 5.02 Å². The minimum Gasteiger partial charge on any atom is -0.298 e. The summed E-state index contributed by atoms with van der Waals surface area (Å²) < 4.78 is 15.4. The number of halogens is 2. The molecular formula is C13H12ClFN2O. The van der Waals surface area contributed by atoms with E-state index in [1.807, 2.05) is 0 Å². The first-order chi connectivity index (χ1) is 8.54. The van der Waals surface area contributed by atoms with E-state index in [0.717, 1.165) is 12.0 Å². The van der Waals surface area contributed by atoms with Gasteiger partial charge in [0, 0.05) is 11.3 Å². The van der Waals surface area contributed by atoms with Crippen molar-refractivity contribution in [2.24, 2.45) is 0 Å². The molecule has 1 aromatic heterocycles. The molecule has 0 amide bonds. The van der Waals surface area contributed by atoms with E-state index in [0.29, 0.717) is 16.8 Å². The highest BCUT2D eigenvalue weighted by Crippen LogP contribution is 2.20. The first-order valence-corrected chi connectivity index (χ1v) is 5.84. The van der Waals surface area contributed by atoms with Crippen molar-refractivity contribution in [3.63, 3.8) is 0 Å². The molecule has 0 saturated heterocycles. The van der Waals surface area contributed by atoms with Gasteiger partial charge in [0.2, 0.25) is 0 Å². The Bertz CT molecular complexity index is 607. The van der Waals surface area contributed by atoms with Crippen molar-refractivity contribution >= 4 is 17.9 Å². The number of hydrogen-bond donors (Lipinski definition) is 0. The van der Waals surface area contributed by atoms with Gasteiger partial charge < -0.3 is 0 Å². The maximum atomic E-state index is 13.8. The Morgan fingerprint density at radius 2 is 2.17 bits per heavy atom. The lowest BCUT2D eigenvalue weighted by atomic mass is 10.2. The fraction of sp³-hybridized carbons (Fsp3) is 0.231. The van der Waals surface area contributed by atoms with Crippen LogP contribution in [0.4, 0.5) is 4.39 Å². The molecule has 0 aliphatic carbocycles. The molecule has 0 radical (unpaired) electrons. The highest BCUT2D eigenvalue weighted by Gasteiger charge is 2.13. The smallest absolute Gasteiger partial charge is 0.153 e. The quantitative estimate of drug-likeness (QED) is 0.800. The lowest BCUT2D eigenvalue weighted by Gasteiger charge is -2.06. The van der Waals surface area contributed by atoms with E-state index in [2.05, 4.69) is 5.10 Å². The van der Waals surface area contributed by atoms with Crippen LogP contribution in [0.1, 0.15) is 27.3 Å². The van der Waals surface area contributed by atoms with Gasteiger partial charge in [-0.15, -0.1) is 0 Å². The molecule has 0 saturated carbocycles. The van der Waals surface area contributed by atoms with E-state index in [-0.39, 0.29) is 11.6 Å². The van der Waals surface area contributed by atoms with Gasteiger partial charge in [-0.1, -0.05) is 23.7 Å². The maximum absolute atomic E-state index is 13.8.